The second kappa shape index (κ2) is 5.94. The Bertz CT molecular complexity index is 750. The third-order valence-electron chi connectivity index (χ3n) is 3.59. The van der Waals surface area contributed by atoms with Crippen LogP contribution in [0.4, 0.5) is 0 Å². The van der Waals surface area contributed by atoms with Gasteiger partial charge in [0.25, 0.3) is 0 Å². The number of aliphatic hydroxyl groups is 1. The van der Waals surface area contributed by atoms with Gasteiger partial charge in [-0.25, -0.2) is 0 Å². The van der Waals surface area contributed by atoms with E-state index in [-0.39, 0.29) is 0 Å². The zero-order chi connectivity index (χ0) is 14.7. The average Bonchev–Trinajstić information content (AvgIpc) is 2.54. The molecule has 1 atom stereocenters. The van der Waals surface area contributed by atoms with Crippen LogP contribution in [0.25, 0.3) is 10.9 Å². The van der Waals surface area contributed by atoms with Crippen LogP contribution in [0.2, 0.25) is 0 Å². The van der Waals surface area contributed by atoms with Crippen LogP contribution in [0.1, 0.15) is 17.2 Å². The summed E-state index contributed by atoms with van der Waals surface area (Å²) in [6.07, 6.45) is 1.70. The third-order valence-corrected chi connectivity index (χ3v) is 3.59. The van der Waals surface area contributed by atoms with Crippen molar-refractivity contribution in [2.45, 2.75) is 12.5 Å². The van der Waals surface area contributed by atoms with Crippen molar-refractivity contribution in [2.75, 3.05) is 7.11 Å². The molecule has 0 radical (unpaired) electrons. The summed E-state index contributed by atoms with van der Waals surface area (Å²) in [5.41, 5.74) is 2.75. The van der Waals surface area contributed by atoms with E-state index in [1.807, 2.05) is 54.6 Å². The molecule has 1 N–H and O–H groups in total. The lowest BCUT2D eigenvalue weighted by molar-refractivity contribution is 0.179. The number of aliphatic hydroxyl groups excluding tert-OH is 1. The van der Waals surface area contributed by atoms with Crippen molar-refractivity contribution >= 4 is 10.9 Å². The maximum Gasteiger partial charge on any atom is 0.119 e. The number of nitrogens with zero attached hydrogens (tertiary/aromatic N) is 1. The van der Waals surface area contributed by atoms with E-state index in [9.17, 15) is 5.11 Å². The molecule has 0 aliphatic heterocycles. The third kappa shape index (κ3) is 2.88. The number of pyridine rings is 1. The second-order valence-electron chi connectivity index (χ2n) is 4.99. The summed E-state index contributed by atoms with van der Waals surface area (Å²) in [6, 6.07) is 17.6. The average molecular weight is 279 g/mol. The van der Waals surface area contributed by atoms with Crippen LogP contribution in [0.3, 0.4) is 0 Å². The fraction of sp³-hybridized carbons (Fsp3) is 0.167. The van der Waals surface area contributed by atoms with E-state index in [0.717, 1.165) is 27.8 Å². The highest BCUT2D eigenvalue weighted by Crippen LogP contribution is 2.26. The Morgan fingerprint density at radius 2 is 1.90 bits per heavy atom. The van der Waals surface area contributed by atoms with E-state index in [1.165, 1.54) is 0 Å². The van der Waals surface area contributed by atoms with Crippen LogP contribution in [0.5, 0.6) is 5.75 Å². The maximum atomic E-state index is 10.6. The van der Waals surface area contributed by atoms with Gasteiger partial charge in [-0.15, -0.1) is 0 Å². The van der Waals surface area contributed by atoms with Crippen molar-refractivity contribution in [1.82, 2.24) is 4.98 Å². The topological polar surface area (TPSA) is 42.4 Å². The molecular formula is C18H17NO2. The van der Waals surface area contributed by atoms with E-state index in [0.29, 0.717) is 6.42 Å². The number of methoxy groups -OCH3 is 1. The molecular weight excluding hydrogens is 262 g/mol. The molecule has 3 rings (SSSR count). The van der Waals surface area contributed by atoms with E-state index < -0.39 is 6.10 Å². The number of rotatable bonds is 4. The largest absolute Gasteiger partial charge is 0.497 e. The van der Waals surface area contributed by atoms with Gasteiger partial charge in [0.05, 0.1) is 18.7 Å². The lowest BCUT2D eigenvalue weighted by Gasteiger charge is -2.13. The fourth-order valence-electron chi connectivity index (χ4n) is 2.53. The molecule has 0 saturated carbocycles. The minimum atomic E-state index is -0.587. The number of aromatic nitrogens is 1. The molecule has 3 aromatic rings. The predicted molar refractivity (Wildman–Crippen MR) is 83.4 cm³/mol. The van der Waals surface area contributed by atoms with Gasteiger partial charge in [0, 0.05) is 23.6 Å². The zero-order valence-corrected chi connectivity index (χ0v) is 11.9. The standard InChI is InChI=1S/C18H17NO2/c1-21-15-8-2-5-13(11-15)12-17(20)16-9-3-6-14-7-4-10-19-18(14)16/h2-11,17,20H,12H2,1H3. The van der Waals surface area contributed by atoms with E-state index >= 15 is 0 Å². The Morgan fingerprint density at radius 3 is 2.76 bits per heavy atom. The van der Waals surface area contributed by atoms with Crippen molar-refractivity contribution in [3.05, 3.63) is 71.9 Å². The van der Waals surface area contributed by atoms with Crippen molar-refractivity contribution in [3.63, 3.8) is 0 Å². The van der Waals surface area contributed by atoms with E-state index in [2.05, 4.69) is 4.98 Å². The highest BCUT2D eigenvalue weighted by molar-refractivity contribution is 5.81. The minimum Gasteiger partial charge on any atom is -0.497 e. The van der Waals surface area contributed by atoms with Gasteiger partial charge in [-0.3, -0.25) is 4.98 Å². The molecule has 1 heterocycles. The first-order chi connectivity index (χ1) is 10.3. The molecule has 0 spiro atoms. The number of hydrogen-bond acceptors (Lipinski definition) is 3. The molecule has 0 aliphatic carbocycles. The molecule has 0 aliphatic rings. The minimum absolute atomic E-state index is 0.535. The Hall–Kier alpha value is -2.39. The quantitative estimate of drug-likeness (QED) is 0.794. The lowest BCUT2D eigenvalue weighted by atomic mass is 9.99. The van der Waals surface area contributed by atoms with Crippen LogP contribution in [-0.2, 0) is 6.42 Å². The zero-order valence-electron chi connectivity index (χ0n) is 11.9. The Labute approximate surface area is 123 Å². The molecule has 2 aromatic carbocycles. The summed E-state index contributed by atoms with van der Waals surface area (Å²) in [7, 11) is 1.64. The van der Waals surface area contributed by atoms with Crippen molar-refractivity contribution in [2.24, 2.45) is 0 Å². The summed E-state index contributed by atoms with van der Waals surface area (Å²) in [5, 5.41) is 11.6. The number of para-hydroxylation sites is 1. The van der Waals surface area contributed by atoms with Gasteiger partial charge in [-0.1, -0.05) is 36.4 Å². The van der Waals surface area contributed by atoms with Gasteiger partial charge in [0.15, 0.2) is 0 Å². The van der Waals surface area contributed by atoms with Crippen LogP contribution in [0.15, 0.2) is 60.8 Å². The summed E-state index contributed by atoms with van der Waals surface area (Å²) in [5.74, 6) is 0.802. The van der Waals surface area contributed by atoms with Gasteiger partial charge in [-0.05, 0) is 23.8 Å². The molecule has 3 nitrogen and oxygen atoms in total. The monoisotopic (exact) mass is 279 g/mol. The molecule has 1 unspecified atom stereocenters. The number of ether oxygens (including phenoxy) is 1. The molecule has 0 saturated heterocycles. The SMILES string of the molecule is COc1cccc(CC(O)c2cccc3cccnc23)c1. The summed E-state index contributed by atoms with van der Waals surface area (Å²) in [6.45, 7) is 0. The smallest absolute Gasteiger partial charge is 0.119 e. The van der Waals surface area contributed by atoms with Crippen LogP contribution < -0.4 is 4.74 Å². The molecule has 0 fully saturated rings. The summed E-state index contributed by atoms with van der Waals surface area (Å²) < 4.78 is 5.22. The first-order valence-corrected chi connectivity index (χ1v) is 6.92. The highest BCUT2D eigenvalue weighted by atomic mass is 16.5. The van der Waals surface area contributed by atoms with Gasteiger partial charge >= 0.3 is 0 Å². The summed E-state index contributed by atoms with van der Waals surface area (Å²) >= 11 is 0. The predicted octanol–water partition coefficient (Wildman–Crippen LogP) is 3.52. The van der Waals surface area contributed by atoms with Crippen LogP contribution in [0, 0.1) is 0 Å². The number of hydrogen-bond donors (Lipinski definition) is 1. The van der Waals surface area contributed by atoms with Gasteiger partial charge < -0.3 is 9.84 Å². The Kier molecular flexibility index (Phi) is 3.84. The first-order valence-electron chi connectivity index (χ1n) is 6.92. The van der Waals surface area contributed by atoms with Crippen molar-refractivity contribution in [1.29, 1.82) is 0 Å². The summed E-state index contributed by atoms with van der Waals surface area (Å²) in [4.78, 5) is 4.39. The van der Waals surface area contributed by atoms with Crippen molar-refractivity contribution in [3.8, 4) is 5.75 Å². The van der Waals surface area contributed by atoms with Gasteiger partial charge in [0.1, 0.15) is 5.75 Å². The van der Waals surface area contributed by atoms with Crippen LogP contribution >= 0.6 is 0 Å². The molecule has 3 heteroatoms. The highest BCUT2D eigenvalue weighted by Gasteiger charge is 2.13. The Morgan fingerprint density at radius 1 is 1.10 bits per heavy atom. The Balaban J connectivity index is 1.91. The molecule has 1 aromatic heterocycles. The van der Waals surface area contributed by atoms with E-state index in [4.69, 9.17) is 4.74 Å². The van der Waals surface area contributed by atoms with E-state index in [1.54, 1.807) is 13.3 Å². The first kappa shape index (κ1) is 13.6. The number of fused-ring (bicyclic) bond motifs is 1. The van der Waals surface area contributed by atoms with Crippen LogP contribution in [-0.4, -0.2) is 17.2 Å². The number of benzene rings is 2. The maximum absolute atomic E-state index is 10.6. The second-order valence-corrected chi connectivity index (χ2v) is 4.99. The van der Waals surface area contributed by atoms with Gasteiger partial charge in [0.2, 0.25) is 0 Å². The van der Waals surface area contributed by atoms with Crippen molar-refractivity contribution < 1.29 is 9.84 Å². The molecule has 0 bridgehead atoms. The lowest BCUT2D eigenvalue weighted by Crippen LogP contribution is -2.03. The molecule has 106 valence electrons. The normalized spacial score (nSPS) is 12.3. The fourth-order valence-corrected chi connectivity index (χ4v) is 2.53. The molecule has 21 heavy (non-hydrogen) atoms. The van der Waals surface area contributed by atoms with Gasteiger partial charge in [-0.2, -0.15) is 0 Å². The molecule has 0 amide bonds.